The van der Waals surface area contributed by atoms with Gasteiger partial charge in [0.15, 0.2) is 0 Å². The van der Waals surface area contributed by atoms with Gasteiger partial charge in [0, 0.05) is 16.4 Å². The van der Waals surface area contributed by atoms with E-state index in [1.54, 1.807) is 26.0 Å². The molecule has 0 amide bonds. The normalized spacial score (nSPS) is 15.3. The molecule has 0 fully saturated rings. The summed E-state index contributed by atoms with van der Waals surface area (Å²) in [6.07, 6.45) is 0. The minimum Gasteiger partial charge on any atom is -0.244 e. The van der Waals surface area contributed by atoms with Gasteiger partial charge < -0.3 is 0 Å². The quantitative estimate of drug-likeness (QED) is 0.805. The topological polar surface area (TPSA) is 63.6 Å². The second-order valence-corrected chi connectivity index (χ2v) is 8.57. The van der Waals surface area contributed by atoms with Crippen molar-refractivity contribution in [3.63, 3.8) is 0 Å². The average molecular weight is 296 g/mol. The first-order valence-corrected chi connectivity index (χ1v) is 8.91. The number of rotatable bonds is 3. The third-order valence-electron chi connectivity index (χ3n) is 2.27. The van der Waals surface area contributed by atoms with Gasteiger partial charge in [0.2, 0.25) is 0 Å². The van der Waals surface area contributed by atoms with Crippen LogP contribution in [0.3, 0.4) is 0 Å². The van der Waals surface area contributed by atoms with Gasteiger partial charge in [0.1, 0.15) is 0 Å². The van der Waals surface area contributed by atoms with Crippen molar-refractivity contribution in [1.29, 1.82) is 0 Å². The first-order valence-electron chi connectivity index (χ1n) is 4.96. The zero-order chi connectivity index (χ0) is 13.3. The van der Waals surface area contributed by atoms with Gasteiger partial charge in [-0.15, -0.1) is 0 Å². The van der Waals surface area contributed by atoms with Crippen LogP contribution in [0.25, 0.3) is 0 Å². The highest BCUT2D eigenvalue weighted by molar-refractivity contribution is 8.17. The van der Waals surface area contributed by atoms with Gasteiger partial charge in [-0.2, -0.15) is 8.42 Å². The molecule has 96 valence electrons. The Bertz CT molecular complexity index is 644. The molecule has 0 saturated carbocycles. The number of hydrogen-bond acceptors (Lipinski definition) is 3. The maximum atomic E-state index is 12.5. The summed E-state index contributed by atoms with van der Waals surface area (Å²) in [5.74, 6) is 0.100. The number of halogens is 1. The molecule has 1 aromatic carbocycles. The molecule has 1 atom stereocenters. The fourth-order valence-corrected chi connectivity index (χ4v) is 5.42. The number of benzene rings is 1. The summed E-state index contributed by atoms with van der Waals surface area (Å²) in [6.45, 7) is 5.29. The molecular weight excluding hydrogens is 282 g/mol. The third-order valence-corrected chi connectivity index (χ3v) is 6.39. The molecule has 0 spiro atoms. The molecule has 0 saturated heterocycles. The van der Waals surface area contributed by atoms with Crippen molar-refractivity contribution in [1.82, 2.24) is 0 Å². The van der Waals surface area contributed by atoms with Gasteiger partial charge in [-0.25, -0.2) is 4.21 Å². The van der Waals surface area contributed by atoms with E-state index in [0.29, 0.717) is 4.90 Å². The van der Waals surface area contributed by atoms with Crippen molar-refractivity contribution >= 4 is 29.6 Å². The van der Waals surface area contributed by atoms with Crippen molar-refractivity contribution in [2.45, 2.75) is 25.7 Å². The van der Waals surface area contributed by atoms with Crippen LogP contribution in [0.15, 0.2) is 26.9 Å². The van der Waals surface area contributed by atoms with Crippen molar-refractivity contribution in [3.05, 3.63) is 29.3 Å². The zero-order valence-electron chi connectivity index (χ0n) is 9.81. The lowest BCUT2D eigenvalue weighted by Gasteiger charge is -2.10. The minimum absolute atomic E-state index is 0.100. The van der Waals surface area contributed by atoms with Gasteiger partial charge in [0.25, 0.3) is 0 Å². The fourth-order valence-electron chi connectivity index (χ4n) is 1.55. The molecule has 0 radical (unpaired) electrons. The van der Waals surface area contributed by atoms with Crippen molar-refractivity contribution < 1.29 is 12.6 Å². The smallest absolute Gasteiger partial charge is 0.244 e. The Balaban J connectivity index is 3.58. The summed E-state index contributed by atoms with van der Waals surface area (Å²) >= 11 is 0. The predicted molar refractivity (Wildman–Crippen MR) is 70.1 cm³/mol. The van der Waals surface area contributed by atoms with Crippen LogP contribution in [0, 0.1) is 13.8 Å². The molecule has 0 aliphatic rings. The summed E-state index contributed by atoms with van der Waals surface area (Å²) in [5.41, 5.74) is 1.76. The maximum Gasteiger partial charge on any atom is 0.347 e. The maximum absolute atomic E-state index is 12.5. The van der Waals surface area contributed by atoms with Crippen LogP contribution >= 0.6 is 10.7 Å². The van der Waals surface area contributed by atoms with E-state index in [-0.39, 0.29) is 5.75 Å². The first-order chi connectivity index (χ1) is 7.68. The molecule has 0 aliphatic heterocycles. The van der Waals surface area contributed by atoms with Crippen molar-refractivity contribution in [3.8, 4) is 0 Å². The molecule has 1 aromatic rings. The van der Waals surface area contributed by atoms with Gasteiger partial charge in [-0.1, -0.05) is 28.4 Å². The summed E-state index contributed by atoms with van der Waals surface area (Å²) in [5, 5.41) is 0. The molecular formula is C10H14ClNO3S2. The van der Waals surface area contributed by atoms with Gasteiger partial charge in [-0.3, -0.25) is 0 Å². The highest BCUT2D eigenvalue weighted by Gasteiger charge is 2.17. The Hall–Kier alpha value is -0.590. The molecule has 4 nitrogen and oxygen atoms in total. The van der Waals surface area contributed by atoms with E-state index in [4.69, 9.17) is 10.7 Å². The molecule has 7 heteroatoms. The van der Waals surface area contributed by atoms with E-state index in [1.165, 1.54) is 0 Å². The summed E-state index contributed by atoms with van der Waals surface area (Å²) < 4.78 is 37.7. The second-order valence-electron chi connectivity index (χ2n) is 3.68. The average Bonchev–Trinajstić information content (AvgIpc) is 2.14. The molecule has 17 heavy (non-hydrogen) atoms. The lowest BCUT2D eigenvalue weighted by Crippen LogP contribution is -2.08. The van der Waals surface area contributed by atoms with Crippen LogP contribution in [0.1, 0.15) is 18.1 Å². The van der Waals surface area contributed by atoms with Crippen LogP contribution in [-0.4, -0.2) is 18.4 Å². The van der Waals surface area contributed by atoms with Crippen LogP contribution in [0.2, 0.25) is 0 Å². The Labute approximate surface area is 107 Å². The zero-order valence-corrected chi connectivity index (χ0v) is 12.2. The fraction of sp³-hybridized carbons (Fsp3) is 0.400. The molecule has 0 aromatic heterocycles. The Morgan fingerprint density at radius 3 is 2.24 bits per heavy atom. The highest BCUT2D eigenvalue weighted by atomic mass is 35.7. The van der Waals surface area contributed by atoms with Crippen molar-refractivity contribution in [2.24, 2.45) is 3.77 Å². The van der Waals surface area contributed by atoms with E-state index in [0.717, 1.165) is 11.1 Å². The number of aryl methyl sites for hydroxylation is 2. The summed E-state index contributed by atoms with van der Waals surface area (Å²) in [7, 11) is -2.10. The number of hydrogen-bond donors (Lipinski definition) is 0. The predicted octanol–water partition coefficient (Wildman–Crippen LogP) is 2.63. The Morgan fingerprint density at radius 2 is 1.82 bits per heavy atom. The first kappa shape index (κ1) is 14.5. The van der Waals surface area contributed by atoms with E-state index >= 15 is 0 Å². The monoisotopic (exact) mass is 295 g/mol. The standard InChI is InChI=1S/C10H14ClNO3S2/c1-4-16(13,12-17(11,14)15)10-6-5-8(2)7-9(10)3/h5-7H,4H2,1-3H3. The van der Waals surface area contributed by atoms with Gasteiger partial charge >= 0.3 is 9.24 Å². The molecule has 1 unspecified atom stereocenters. The van der Waals surface area contributed by atoms with Crippen LogP contribution in [0.5, 0.6) is 0 Å². The molecule has 0 heterocycles. The third kappa shape index (κ3) is 3.69. The Morgan fingerprint density at radius 1 is 1.24 bits per heavy atom. The lowest BCUT2D eigenvalue weighted by atomic mass is 10.2. The minimum atomic E-state index is -4.15. The second kappa shape index (κ2) is 4.96. The van der Waals surface area contributed by atoms with Gasteiger partial charge in [0.05, 0.1) is 14.6 Å². The summed E-state index contributed by atoms with van der Waals surface area (Å²) in [6, 6.07) is 5.25. The SMILES string of the molecule is CCS(=O)(=NS(=O)(=O)Cl)c1ccc(C)cc1C. The van der Waals surface area contributed by atoms with Crippen molar-refractivity contribution in [2.75, 3.05) is 5.75 Å². The van der Waals surface area contributed by atoms with E-state index in [9.17, 15) is 12.6 Å². The van der Waals surface area contributed by atoms with Crippen LogP contribution in [0.4, 0.5) is 0 Å². The van der Waals surface area contributed by atoms with E-state index < -0.39 is 19.0 Å². The largest absolute Gasteiger partial charge is 0.347 e. The van der Waals surface area contributed by atoms with Crippen LogP contribution in [-0.2, 0) is 19.0 Å². The molecule has 1 rings (SSSR count). The van der Waals surface area contributed by atoms with E-state index in [2.05, 4.69) is 3.77 Å². The Kier molecular flexibility index (Phi) is 4.22. The lowest BCUT2D eigenvalue weighted by molar-refractivity contribution is 0.611. The van der Waals surface area contributed by atoms with E-state index in [1.807, 2.05) is 13.0 Å². The van der Waals surface area contributed by atoms with Gasteiger partial charge in [-0.05, 0) is 25.5 Å². The summed E-state index contributed by atoms with van der Waals surface area (Å²) in [4.78, 5) is 0.426. The molecule has 0 N–H and O–H groups in total. The van der Waals surface area contributed by atoms with Crippen LogP contribution < -0.4 is 0 Å². The molecule has 0 bridgehead atoms. The molecule has 0 aliphatic carbocycles. The highest BCUT2D eigenvalue weighted by Crippen LogP contribution is 2.22. The number of nitrogens with zero attached hydrogens (tertiary/aromatic N) is 1.